The molecule has 10 heteroatoms. The molecular weight excluding hydrogens is 598 g/mol. The molecule has 0 unspecified atom stereocenters. The standard InChI is InChI=1S/C36H49N5O4S/c1-4-36(40-24-11-7-12-25-40,41-26-13-8-14-27-41)37-35(42)29-20-22-32(23-21-29)46(43,44)38-33-18-9-10-19-34(33)45-31-17-15-16-30(28-31)39(5-2)6-3/h9-10,15-23,28,38H,4-8,11-14,24-27H2,1-3H3,(H,37,42). The number of benzene rings is 3. The van der Waals surface area contributed by atoms with Gasteiger partial charge in [0.25, 0.3) is 15.9 Å². The fraction of sp³-hybridized carbons (Fsp3) is 0.472. The normalized spacial score (nSPS) is 16.5. The van der Waals surface area contributed by atoms with E-state index in [1.807, 2.05) is 24.3 Å². The molecule has 5 rings (SSSR count). The first-order chi connectivity index (χ1) is 22.3. The van der Waals surface area contributed by atoms with Crippen LogP contribution in [0.5, 0.6) is 11.5 Å². The number of carbonyl (C=O) groups is 1. The molecule has 2 aliphatic rings. The van der Waals surface area contributed by atoms with Crippen LogP contribution in [0.25, 0.3) is 0 Å². The zero-order chi connectivity index (χ0) is 32.6. The minimum atomic E-state index is -3.96. The highest BCUT2D eigenvalue weighted by molar-refractivity contribution is 7.92. The number of amides is 1. The lowest BCUT2D eigenvalue weighted by Gasteiger charge is -2.53. The number of sulfonamides is 1. The maximum atomic E-state index is 13.7. The van der Waals surface area contributed by atoms with E-state index in [1.54, 1.807) is 36.4 Å². The first-order valence-corrected chi connectivity index (χ1v) is 18.4. The van der Waals surface area contributed by atoms with Crippen LogP contribution in [0.15, 0.2) is 77.7 Å². The van der Waals surface area contributed by atoms with Gasteiger partial charge in [-0.25, -0.2) is 8.42 Å². The van der Waals surface area contributed by atoms with E-state index in [1.165, 1.54) is 25.0 Å². The molecule has 0 atom stereocenters. The van der Waals surface area contributed by atoms with Gasteiger partial charge in [-0.2, -0.15) is 0 Å². The third-order valence-corrected chi connectivity index (χ3v) is 10.7. The van der Waals surface area contributed by atoms with Crippen molar-refractivity contribution in [2.24, 2.45) is 0 Å². The average Bonchev–Trinajstić information content (AvgIpc) is 3.09. The van der Waals surface area contributed by atoms with Gasteiger partial charge in [-0.1, -0.05) is 38.0 Å². The van der Waals surface area contributed by atoms with E-state index in [0.717, 1.165) is 77.1 Å². The molecule has 2 N–H and O–H groups in total. The van der Waals surface area contributed by atoms with Gasteiger partial charge in [-0.3, -0.25) is 19.3 Å². The van der Waals surface area contributed by atoms with Gasteiger partial charge in [0.05, 0.1) is 10.6 Å². The summed E-state index contributed by atoms with van der Waals surface area (Å²) in [7, 11) is -3.96. The zero-order valence-electron chi connectivity index (χ0n) is 27.5. The second kappa shape index (κ2) is 15.3. The van der Waals surface area contributed by atoms with Gasteiger partial charge in [0.2, 0.25) is 0 Å². The van der Waals surface area contributed by atoms with E-state index in [2.05, 4.69) is 45.5 Å². The highest BCUT2D eigenvalue weighted by atomic mass is 32.2. The van der Waals surface area contributed by atoms with E-state index >= 15 is 0 Å². The molecule has 248 valence electrons. The average molecular weight is 648 g/mol. The summed E-state index contributed by atoms with van der Waals surface area (Å²) < 4.78 is 35.9. The molecule has 2 heterocycles. The Morgan fingerprint density at radius 3 is 2.00 bits per heavy atom. The highest BCUT2D eigenvalue weighted by Crippen LogP contribution is 2.33. The smallest absolute Gasteiger partial charge is 0.262 e. The summed E-state index contributed by atoms with van der Waals surface area (Å²) in [5, 5.41) is 3.41. The maximum Gasteiger partial charge on any atom is 0.262 e. The number of para-hydroxylation sites is 2. The lowest BCUT2D eigenvalue weighted by molar-refractivity contribution is -0.0970. The Hall–Kier alpha value is -3.60. The molecular formula is C36H49N5O4S. The summed E-state index contributed by atoms with van der Waals surface area (Å²) in [5.41, 5.74) is 1.80. The van der Waals surface area contributed by atoms with E-state index in [9.17, 15) is 13.2 Å². The number of rotatable bonds is 13. The topological polar surface area (TPSA) is 94.2 Å². The number of anilines is 2. The first-order valence-electron chi connectivity index (χ1n) is 16.9. The third kappa shape index (κ3) is 7.67. The quantitative estimate of drug-likeness (QED) is 0.209. The van der Waals surface area contributed by atoms with Crippen molar-refractivity contribution >= 4 is 27.3 Å². The van der Waals surface area contributed by atoms with Crippen molar-refractivity contribution in [2.75, 3.05) is 48.9 Å². The molecule has 2 saturated heterocycles. The predicted octanol–water partition coefficient (Wildman–Crippen LogP) is 6.89. The molecule has 3 aromatic carbocycles. The van der Waals surface area contributed by atoms with E-state index in [4.69, 9.17) is 4.74 Å². The SMILES string of the molecule is CCN(CC)c1cccc(Oc2ccccc2NS(=O)(=O)c2ccc(C(=O)NC(CC)(N3CCCCC3)N3CCCCC3)cc2)c1. The van der Waals surface area contributed by atoms with Crippen LogP contribution in [0.4, 0.5) is 11.4 Å². The number of carbonyl (C=O) groups excluding carboxylic acids is 1. The molecule has 0 radical (unpaired) electrons. The molecule has 0 spiro atoms. The van der Waals surface area contributed by atoms with Gasteiger partial charge in [-0.05, 0) is 94.5 Å². The monoisotopic (exact) mass is 647 g/mol. The van der Waals surface area contributed by atoms with Crippen LogP contribution in [0.3, 0.4) is 0 Å². The Morgan fingerprint density at radius 2 is 1.41 bits per heavy atom. The lowest BCUT2D eigenvalue weighted by atomic mass is 10.0. The van der Waals surface area contributed by atoms with Crippen LogP contribution in [-0.2, 0) is 10.0 Å². The van der Waals surface area contributed by atoms with Crippen molar-refractivity contribution in [1.29, 1.82) is 0 Å². The molecule has 0 bridgehead atoms. The van der Waals surface area contributed by atoms with Gasteiger partial charge in [-0.15, -0.1) is 0 Å². The van der Waals surface area contributed by atoms with Gasteiger partial charge < -0.3 is 15.0 Å². The minimum absolute atomic E-state index is 0.0659. The summed E-state index contributed by atoms with van der Waals surface area (Å²) in [5.74, 6) is 0.271. The van der Waals surface area contributed by atoms with E-state index < -0.39 is 15.8 Å². The van der Waals surface area contributed by atoms with Crippen molar-refractivity contribution in [3.05, 3.63) is 78.4 Å². The van der Waals surface area contributed by atoms with Crippen LogP contribution in [0, 0.1) is 0 Å². The zero-order valence-corrected chi connectivity index (χ0v) is 28.3. The molecule has 1 amide bonds. The molecule has 0 aromatic heterocycles. The number of likely N-dealkylation sites (tertiary alicyclic amines) is 2. The van der Waals surface area contributed by atoms with Crippen molar-refractivity contribution in [3.63, 3.8) is 0 Å². The maximum absolute atomic E-state index is 13.7. The number of nitrogens with zero attached hydrogens (tertiary/aromatic N) is 3. The van der Waals surface area contributed by atoms with Crippen molar-refractivity contribution in [2.45, 2.75) is 76.4 Å². The Kier molecular flexibility index (Phi) is 11.2. The van der Waals surface area contributed by atoms with Gasteiger partial charge in [0.15, 0.2) is 11.5 Å². The van der Waals surface area contributed by atoms with Crippen molar-refractivity contribution in [3.8, 4) is 11.5 Å². The summed E-state index contributed by atoms with van der Waals surface area (Å²) in [4.78, 5) is 20.9. The van der Waals surface area contributed by atoms with Crippen LogP contribution < -0.4 is 19.7 Å². The summed E-state index contributed by atoms with van der Waals surface area (Å²) in [6, 6.07) is 20.9. The number of ether oxygens (including phenoxy) is 1. The molecule has 3 aromatic rings. The van der Waals surface area contributed by atoms with Crippen molar-refractivity contribution < 1.29 is 17.9 Å². The molecule has 0 saturated carbocycles. The number of nitrogens with one attached hydrogen (secondary N) is 2. The minimum Gasteiger partial charge on any atom is -0.455 e. The largest absolute Gasteiger partial charge is 0.455 e. The molecule has 46 heavy (non-hydrogen) atoms. The second-order valence-electron chi connectivity index (χ2n) is 12.1. The molecule has 0 aliphatic carbocycles. The summed E-state index contributed by atoms with van der Waals surface area (Å²) >= 11 is 0. The summed E-state index contributed by atoms with van der Waals surface area (Å²) in [6.45, 7) is 11.9. The molecule has 9 nitrogen and oxygen atoms in total. The van der Waals surface area contributed by atoms with Crippen LogP contribution >= 0.6 is 0 Å². The summed E-state index contributed by atoms with van der Waals surface area (Å²) in [6.07, 6.45) is 7.72. The van der Waals surface area contributed by atoms with Gasteiger partial charge in [0.1, 0.15) is 5.75 Å². The lowest BCUT2D eigenvalue weighted by Crippen LogP contribution is -2.71. The van der Waals surface area contributed by atoms with E-state index in [0.29, 0.717) is 22.7 Å². The Balaban J connectivity index is 1.32. The Bertz CT molecular complexity index is 1530. The highest BCUT2D eigenvalue weighted by Gasteiger charge is 2.43. The van der Waals surface area contributed by atoms with E-state index in [-0.39, 0.29) is 10.8 Å². The van der Waals surface area contributed by atoms with Crippen LogP contribution in [-0.4, -0.2) is 69.2 Å². The van der Waals surface area contributed by atoms with Crippen molar-refractivity contribution in [1.82, 2.24) is 15.1 Å². The third-order valence-electron chi connectivity index (χ3n) is 9.30. The van der Waals surface area contributed by atoms with Gasteiger partial charge >= 0.3 is 0 Å². The first kappa shape index (κ1) is 33.8. The Morgan fingerprint density at radius 1 is 0.804 bits per heavy atom. The fourth-order valence-electron chi connectivity index (χ4n) is 6.76. The van der Waals surface area contributed by atoms with Crippen LogP contribution in [0.2, 0.25) is 0 Å². The predicted molar refractivity (Wildman–Crippen MR) is 185 cm³/mol. The second-order valence-corrected chi connectivity index (χ2v) is 13.8. The number of hydrogen-bond donors (Lipinski definition) is 2. The fourth-order valence-corrected chi connectivity index (χ4v) is 7.83. The number of hydrogen-bond acceptors (Lipinski definition) is 7. The van der Waals surface area contributed by atoms with Gasteiger partial charge in [0, 0.05) is 56.6 Å². The molecule has 2 aliphatic heterocycles. The molecule has 2 fully saturated rings. The number of piperidine rings is 2. The van der Waals surface area contributed by atoms with Crippen LogP contribution in [0.1, 0.15) is 76.1 Å². The Labute approximate surface area is 275 Å².